The molecule has 2 nitrogen and oxygen atoms in total. The smallest absolute Gasteiger partial charge is 0.0192 e. The molecule has 0 spiro atoms. The zero-order valence-electron chi connectivity index (χ0n) is 7.30. The summed E-state index contributed by atoms with van der Waals surface area (Å²) >= 11 is 0. The van der Waals surface area contributed by atoms with E-state index in [9.17, 15) is 0 Å². The van der Waals surface area contributed by atoms with Gasteiger partial charge in [-0.3, -0.25) is 4.99 Å². The van der Waals surface area contributed by atoms with Crippen molar-refractivity contribution in [2.45, 2.75) is 19.8 Å². The van der Waals surface area contributed by atoms with Crippen molar-refractivity contribution in [3.63, 3.8) is 0 Å². The number of hydrogen-bond acceptors (Lipinski definition) is 2. The first-order chi connectivity index (χ1) is 5.35. The van der Waals surface area contributed by atoms with Gasteiger partial charge in [0, 0.05) is 31.6 Å². The third-order valence-electron chi connectivity index (χ3n) is 1.38. The monoisotopic (exact) mass is 152 g/mol. The highest BCUT2D eigenvalue weighted by molar-refractivity contribution is 5.60. The first-order valence-corrected chi connectivity index (χ1v) is 3.84. The topological polar surface area (TPSA) is 24.4 Å². The van der Waals surface area contributed by atoms with E-state index in [1.165, 1.54) is 5.70 Å². The van der Waals surface area contributed by atoms with Crippen LogP contribution in [-0.2, 0) is 0 Å². The summed E-state index contributed by atoms with van der Waals surface area (Å²) in [5.74, 6) is 0. The Kier molecular flexibility index (Phi) is 6.39. The Morgan fingerprint density at radius 3 is 2.82 bits per heavy atom. The maximum absolute atomic E-state index is 3.88. The van der Waals surface area contributed by atoms with Crippen LogP contribution < -0.4 is 5.32 Å². The SMILES string of the molecule is C=C/N=C\C/C=C(\CC)NC. The van der Waals surface area contributed by atoms with Gasteiger partial charge in [-0.1, -0.05) is 19.6 Å². The van der Waals surface area contributed by atoms with E-state index >= 15 is 0 Å². The van der Waals surface area contributed by atoms with Crippen LogP contribution in [0.2, 0.25) is 0 Å². The third kappa shape index (κ3) is 5.40. The maximum Gasteiger partial charge on any atom is 0.0192 e. The fourth-order valence-electron chi connectivity index (χ4n) is 0.754. The van der Waals surface area contributed by atoms with E-state index in [0.29, 0.717) is 0 Å². The highest BCUT2D eigenvalue weighted by Gasteiger charge is 1.84. The van der Waals surface area contributed by atoms with Crippen molar-refractivity contribution in [3.8, 4) is 0 Å². The molecule has 0 saturated carbocycles. The quantitative estimate of drug-likeness (QED) is 0.599. The van der Waals surface area contributed by atoms with Gasteiger partial charge in [-0.2, -0.15) is 0 Å². The molecule has 0 atom stereocenters. The summed E-state index contributed by atoms with van der Waals surface area (Å²) in [6.07, 6.45) is 7.40. The minimum atomic E-state index is 0.871. The van der Waals surface area contributed by atoms with E-state index in [2.05, 4.69) is 29.9 Å². The normalized spacial score (nSPS) is 12.0. The highest BCUT2D eigenvalue weighted by Crippen LogP contribution is 1.94. The lowest BCUT2D eigenvalue weighted by Gasteiger charge is -2.00. The van der Waals surface area contributed by atoms with E-state index in [1.807, 2.05) is 13.3 Å². The average molecular weight is 152 g/mol. The summed E-state index contributed by atoms with van der Waals surface area (Å²) < 4.78 is 0. The van der Waals surface area contributed by atoms with Crippen LogP contribution in [-0.4, -0.2) is 13.3 Å². The van der Waals surface area contributed by atoms with E-state index in [0.717, 1.165) is 12.8 Å². The summed E-state index contributed by atoms with van der Waals surface area (Å²) in [5, 5.41) is 3.10. The Balaban J connectivity index is 3.69. The highest BCUT2D eigenvalue weighted by atomic mass is 14.8. The van der Waals surface area contributed by atoms with Gasteiger partial charge in [0.1, 0.15) is 0 Å². The Labute approximate surface area is 68.7 Å². The molecule has 0 fully saturated rings. The van der Waals surface area contributed by atoms with Crippen molar-refractivity contribution in [3.05, 3.63) is 24.6 Å². The zero-order chi connectivity index (χ0) is 8.53. The lowest BCUT2D eigenvalue weighted by atomic mass is 10.3. The molecule has 0 aromatic rings. The average Bonchev–Trinajstić information content (AvgIpc) is 2.05. The Bertz CT molecular complexity index is 151. The van der Waals surface area contributed by atoms with E-state index in [-0.39, 0.29) is 0 Å². The molecule has 11 heavy (non-hydrogen) atoms. The van der Waals surface area contributed by atoms with Crippen LogP contribution in [0.5, 0.6) is 0 Å². The predicted octanol–water partition coefficient (Wildman–Crippen LogP) is 2.10. The molecule has 0 bridgehead atoms. The lowest BCUT2D eigenvalue weighted by Crippen LogP contribution is -2.03. The number of nitrogens with one attached hydrogen (secondary N) is 1. The van der Waals surface area contributed by atoms with Gasteiger partial charge in [0.05, 0.1) is 0 Å². The second-order valence-corrected chi connectivity index (χ2v) is 2.08. The van der Waals surface area contributed by atoms with Gasteiger partial charge in [-0.15, -0.1) is 0 Å². The predicted molar refractivity (Wildman–Crippen MR) is 50.7 cm³/mol. The summed E-state index contributed by atoms with van der Waals surface area (Å²) in [5.41, 5.74) is 1.25. The Hall–Kier alpha value is -1.05. The Morgan fingerprint density at radius 1 is 1.64 bits per heavy atom. The van der Waals surface area contributed by atoms with Gasteiger partial charge in [0.2, 0.25) is 0 Å². The van der Waals surface area contributed by atoms with E-state index in [4.69, 9.17) is 0 Å². The van der Waals surface area contributed by atoms with E-state index in [1.54, 1.807) is 6.20 Å². The van der Waals surface area contributed by atoms with Gasteiger partial charge in [0.25, 0.3) is 0 Å². The molecule has 0 aromatic heterocycles. The molecule has 0 radical (unpaired) electrons. The van der Waals surface area contributed by atoms with Crippen LogP contribution in [0.15, 0.2) is 29.5 Å². The Morgan fingerprint density at radius 2 is 2.36 bits per heavy atom. The van der Waals surface area contributed by atoms with Gasteiger partial charge in [-0.25, -0.2) is 0 Å². The zero-order valence-corrected chi connectivity index (χ0v) is 7.30. The molecule has 0 heterocycles. The second-order valence-electron chi connectivity index (χ2n) is 2.08. The largest absolute Gasteiger partial charge is 0.392 e. The van der Waals surface area contributed by atoms with Gasteiger partial charge >= 0.3 is 0 Å². The number of nitrogens with zero attached hydrogens (tertiary/aromatic N) is 1. The number of hydrogen-bond donors (Lipinski definition) is 1. The van der Waals surface area contributed by atoms with Crippen molar-refractivity contribution >= 4 is 6.21 Å². The van der Waals surface area contributed by atoms with Crippen molar-refractivity contribution in [2.24, 2.45) is 4.99 Å². The standard InChI is InChI=1S/C9H16N2/c1-4-9(10-3)7-6-8-11-5-2/h5,7-8,10H,2,4,6H2,1,3H3/b9-7+,11-8-. The van der Waals surface area contributed by atoms with Crippen molar-refractivity contribution in [1.82, 2.24) is 5.32 Å². The molecule has 0 aliphatic heterocycles. The van der Waals surface area contributed by atoms with Crippen molar-refractivity contribution < 1.29 is 0 Å². The molecule has 2 heteroatoms. The van der Waals surface area contributed by atoms with Gasteiger partial charge in [-0.05, 0) is 6.42 Å². The van der Waals surface area contributed by atoms with Crippen molar-refractivity contribution in [1.29, 1.82) is 0 Å². The first kappa shape index (κ1) is 9.95. The second kappa shape index (κ2) is 7.06. The molecule has 0 aromatic carbocycles. The van der Waals surface area contributed by atoms with Crippen LogP contribution in [0.3, 0.4) is 0 Å². The molecule has 62 valence electrons. The number of allylic oxidation sites excluding steroid dienone is 2. The molecule has 0 unspecified atom stereocenters. The number of rotatable bonds is 5. The molecular weight excluding hydrogens is 136 g/mol. The van der Waals surface area contributed by atoms with Crippen LogP contribution >= 0.6 is 0 Å². The molecular formula is C9H16N2. The maximum atomic E-state index is 3.88. The molecule has 0 aliphatic carbocycles. The molecule has 0 saturated heterocycles. The minimum absolute atomic E-state index is 0.871. The molecule has 0 aliphatic rings. The third-order valence-corrected chi connectivity index (χ3v) is 1.38. The summed E-state index contributed by atoms with van der Waals surface area (Å²) in [6.45, 7) is 5.60. The molecule has 0 amide bonds. The first-order valence-electron chi connectivity index (χ1n) is 3.84. The molecule has 0 rings (SSSR count). The van der Waals surface area contributed by atoms with Crippen molar-refractivity contribution in [2.75, 3.05) is 7.05 Å². The van der Waals surface area contributed by atoms with Crippen LogP contribution in [0, 0.1) is 0 Å². The van der Waals surface area contributed by atoms with Crippen LogP contribution in [0.4, 0.5) is 0 Å². The summed E-state index contributed by atoms with van der Waals surface area (Å²) in [7, 11) is 1.93. The fraction of sp³-hybridized carbons (Fsp3) is 0.444. The van der Waals surface area contributed by atoms with Gasteiger partial charge in [0.15, 0.2) is 0 Å². The lowest BCUT2D eigenvalue weighted by molar-refractivity contribution is 0.893. The van der Waals surface area contributed by atoms with Crippen LogP contribution in [0.25, 0.3) is 0 Å². The van der Waals surface area contributed by atoms with E-state index < -0.39 is 0 Å². The van der Waals surface area contributed by atoms with Gasteiger partial charge < -0.3 is 5.32 Å². The van der Waals surface area contributed by atoms with Crippen LogP contribution in [0.1, 0.15) is 19.8 Å². The number of aliphatic imine (C=N–C) groups is 1. The fourth-order valence-corrected chi connectivity index (χ4v) is 0.754. The summed E-state index contributed by atoms with van der Waals surface area (Å²) in [6, 6.07) is 0. The molecule has 1 N–H and O–H groups in total. The minimum Gasteiger partial charge on any atom is -0.392 e. The summed E-state index contributed by atoms with van der Waals surface area (Å²) in [4.78, 5) is 3.88.